The van der Waals surface area contributed by atoms with Crippen molar-refractivity contribution in [3.05, 3.63) is 143 Å². The molecule has 2 aliphatic heterocycles. The third-order valence-electron chi connectivity index (χ3n) is 8.54. The molecule has 0 radical (unpaired) electrons. The molecular formula is C35H31ClN2O4. The fourth-order valence-corrected chi connectivity index (χ4v) is 6.81. The first kappa shape index (κ1) is 27.7. The summed E-state index contributed by atoms with van der Waals surface area (Å²) in [4.78, 5) is 45.0. The number of piperazine rings is 1. The molecule has 2 fully saturated rings. The number of fused-ring (bicyclic) bond motifs is 2. The molecule has 2 amide bonds. The van der Waals surface area contributed by atoms with E-state index in [0.717, 1.165) is 22.3 Å². The first-order valence-electron chi connectivity index (χ1n) is 14.2. The van der Waals surface area contributed by atoms with E-state index in [1.165, 1.54) is 4.90 Å². The Morgan fingerprint density at radius 3 is 1.57 bits per heavy atom. The summed E-state index contributed by atoms with van der Waals surface area (Å²) in [6.45, 7) is 0.158. The number of carboxylic acids is 1. The molecule has 6 rings (SSSR count). The number of likely N-dealkylation sites (tertiary alicyclic amines) is 1. The molecule has 7 heteroatoms. The van der Waals surface area contributed by atoms with Crippen LogP contribution in [0.3, 0.4) is 0 Å². The summed E-state index contributed by atoms with van der Waals surface area (Å²) in [7, 11) is 0. The van der Waals surface area contributed by atoms with Crippen molar-refractivity contribution in [2.45, 2.75) is 42.8 Å². The largest absolute Gasteiger partial charge is 0.480 e. The van der Waals surface area contributed by atoms with E-state index < -0.39 is 29.9 Å². The summed E-state index contributed by atoms with van der Waals surface area (Å²) < 4.78 is 0. The molecule has 2 heterocycles. The highest BCUT2D eigenvalue weighted by atomic mass is 35.5. The van der Waals surface area contributed by atoms with Gasteiger partial charge in [0.2, 0.25) is 11.8 Å². The lowest BCUT2D eigenvalue weighted by atomic mass is 9.87. The predicted molar refractivity (Wildman–Crippen MR) is 161 cm³/mol. The molecule has 1 N–H and O–H groups in total. The van der Waals surface area contributed by atoms with Crippen LogP contribution >= 0.6 is 11.6 Å². The Morgan fingerprint density at radius 2 is 1.10 bits per heavy atom. The highest BCUT2D eigenvalue weighted by Gasteiger charge is 2.54. The molecule has 0 spiro atoms. The van der Waals surface area contributed by atoms with Gasteiger partial charge < -0.3 is 14.9 Å². The van der Waals surface area contributed by atoms with Gasteiger partial charge in [0, 0.05) is 17.6 Å². The standard InChI is InChI=1S/C35H31ClN2O4/c36-27-18-16-26(17-19-27)30(23-10-4-1-5-11-23)33(39)37-22-28-20-21-29(32(37)35(41)42)38(28)34(40)31(24-12-6-2-7-13-24)25-14-8-3-9-15-25/h1-19,28-32H,20-22H2,(H,41,42)/t28-,29?,30?,32-/m0/s1. The van der Waals surface area contributed by atoms with Crippen molar-refractivity contribution in [2.75, 3.05) is 6.54 Å². The van der Waals surface area contributed by atoms with Crippen molar-refractivity contribution in [1.82, 2.24) is 9.80 Å². The molecule has 0 saturated carbocycles. The smallest absolute Gasteiger partial charge is 0.328 e. The number of amides is 2. The Bertz CT molecular complexity index is 1520. The lowest BCUT2D eigenvalue weighted by Crippen LogP contribution is -2.66. The maximum Gasteiger partial charge on any atom is 0.328 e. The molecule has 212 valence electrons. The monoisotopic (exact) mass is 578 g/mol. The Morgan fingerprint density at radius 1 is 0.643 bits per heavy atom. The minimum atomic E-state index is -1.16. The van der Waals surface area contributed by atoms with Crippen LogP contribution in [0.5, 0.6) is 0 Å². The Labute approximate surface area is 250 Å². The van der Waals surface area contributed by atoms with Crippen molar-refractivity contribution in [1.29, 1.82) is 0 Å². The quantitative estimate of drug-likeness (QED) is 0.294. The lowest BCUT2D eigenvalue weighted by molar-refractivity contribution is -0.161. The predicted octanol–water partition coefficient (Wildman–Crippen LogP) is 5.96. The summed E-state index contributed by atoms with van der Waals surface area (Å²) in [6.07, 6.45) is 1.15. The summed E-state index contributed by atoms with van der Waals surface area (Å²) >= 11 is 6.15. The van der Waals surface area contributed by atoms with Crippen molar-refractivity contribution < 1.29 is 19.5 Å². The number of aliphatic carboxylic acids is 1. The number of nitrogens with zero attached hydrogens (tertiary/aromatic N) is 2. The number of hydrogen-bond acceptors (Lipinski definition) is 3. The van der Waals surface area contributed by atoms with Crippen LogP contribution in [0.1, 0.15) is 46.9 Å². The zero-order valence-electron chi connectivity index (χ0n) is 22.9. The fourth-order valence-electron chi connectivity index (χ4n) is 6.68. The number of hydrogen-bond donors (Lipinski definition) is 1. The number of carbonyl (C=O) groups is 3. The molecular weight excluding hydrogens is 548 g/mol. The molecule has 0 aliphatic carbocycles. The van der Waals surface area contributed by atoms with Crippen LogP contribution in [0.4, 0.5) is 0 Å². The minimum Gasteiger partial charge on any atom is -0.480 e. The molecule has 42 heavy (non-hydrogen) atoms. The van der Waals surface area contributed by atoms with Gasteiger partial charge in [0.1, 0.15) is 6.04 Å². The third kappa shape index (κ3) is 5.19. The second-order valence-corrected chi connectivity index (χ2v) is 11.4. The van der Waals surface area contributed by atoms with Gasteiger partial charge in [-0.25, -0.2) is 4.79 Å². The Balaban J connectivity index is 1.36. The van der Waals surface area contributed by atoms with Crippen LogP contribution in [0.2, 0.25) is 5.02 Å². The van der Waals surface area contributed by atoms with Gasteiger partial charge in [-0.05, 0) is 47.2 Å². The fraction of sp³-hybridized carbons (Fsp3) is 0.229. The van der Waals surface area contributed by atoms with Gasteiger partial charge in [0.25, 0.3) is 0 Å². The first-order chi connectivity index (χ1) is 20.4. The normalized spacial score (nSPS) is 20.4. The summed E-state index contributed by atoms with van der Waals surface area (Å²) in [5.74, 6) is -2.80. The average molecular weight is 579 g/mol. The van der Waals surface area contributed by atoms with E-state index in [4.69, 9.17) is 11.6 Å². The molecule has 6 nitrogen and oxygen atoms in total. The second kappa shape index (κ2) is 11.8. The van der Waals surface area contributed by atoms with E-state index >= 15 is 0 Å². The number of halogens is 1. The van der Waals surface area contributed by atoms with Crippen LogP contribution in [-0.2, 0) is 14.4 Å². The third-order valence-corrected chi connectivity index (χ3v) is 8.79. The van der Waals surface area contributed by atoms with E-state index in [1.807, 2.05) is 103 Å². The first-order valence-corrected chi connectivity index (χ1v) is 14.6. The van der Waals surface area contributed by atoms with Crippen molar-refractivity contribution in [2.24, 2.45) is 0 Å². The maximum absolute atomic E-state index is 14.4. The van der Waals surface area contributed by atoms with E-state index in [1.54, 1.807) is 17.0 Å². The number of rotatable bonds is 7. The van der Waals surface area contributed by atoms with Gasteiger partial charge in [-0.1, -0.05) is 115 Å². The van der Waals surface area contributed by atoms with Crippen LogP contribution in [0.25, 0.3) is 0 Å². The zero-order valence-corrected chi connectivity index (χ0v) is 23.7. The average Bonchev–Trinajstić information content (AvgIpc) is 3.32. The van der Waals surface area contributed by atoms with Gasteiger partial charge in [0.15, 0.2) is 0 Å². The Hall–Kier alpha value is -4.42. The molecule has 4 aromatic rings. The molecule has 4 aromatic carbocycles. The van der Waals surface area contributed by atoms with Crippen molar-refractivity contribution in [3.8, 4) is 0 Å². The molecule has 2 saturated heterocycles. The van der Waals surface area contributed by atoms with E-state index in [0.29, 0.717) is 17.9 Å². The number of carbonyl (C=O) groups excluding carboxylic acids is 2. The highest BCUT2D eigenvalue weighted by molar-refractivity contribution is 6.30. The van der Waals surface area contributed by atoms with Crippen molar-refractivity contribution in [3.63, 3.8) is 0 Å². The Kier molecular flexibility index (Phi) is 7.81. The summed E-state index contributed by atoms with van der Waals surface area (Å²) in [5, 5.41) is 11.1. The van der Waals surface area contributed by atoms with Gasteiger partial charge in [-0.3, -0.25) is 9.59 Å². The van der Waals surface area contributed by atoms with Crippen molar-refractivity contribution >= 4 is 29.4 Å². The van der Waals surface area contributed by atoms with Gasteiger partial charge in [-0.2, -0.15) is 0 Å². The molecule has 4 atom stereocenters. The van der Waals surface area contributed by atoms with E-state index in [9.17, 15) is 19.5 Å². The lowest BCUT2D eigenvalue weighted by Gasteiger charge is -2.47. The zero-order chi connectivity index (χ0) is 29.2. The molecule has 2 bridgehead atoms. The van der Waals surface area contributed by atoms with Gasteiger partial charge in [-0.15, -0.1) is 0 Å². The van der Waals surface area contributed by atoms with E-state index in [2.05, 4.69) is 0 Å². The van der Waals surface area contributed by atoms with Crippen LogP contribution < -0.4 is 0 Å². The second-order valence-electron chi connectivity index (χ2n) is 11.0. The molecule has 2 aliphatic rings. The van der Waals surface area contributed by atoms with Crippen LogP contribution in [-0.4, -0.2) is 57.4 Å². The number of benzene rings is 4. The maximum atomic E-state index is 14.4. The van der Waals surface area contributed by atoms with Crippen LogP contribution in [0, 0.1) is 0 Å². The minimum absolute atomic E-state index is 0.129. The van der Waals surface area contributed by atoms with Crippen LogP contribution in [0.15, 0.2) is 115 Å². The van der Waals surface area contributed by atoms with E-state index in [-0.39, 0.29) is 24.4 Å². The summed E-state index contributed by atoms with van der Waals surface area (Å²) in [6, 6.07) is 33.6. The van der Waals surface area contributed by atoms with Gasteiger partial charge in [0.05, 0.1) is 17.9 Å². The SMILES string of the molecule is O=C(O)[C@@H]1C2CC[C@@H](CN1C(=O)C(c1ccccc1)c1ccc(Cl)cc1)N2C(=O)C(c1ccccc1)c1ccccc1. The molecule has 2 unspecified atom stereocenters. The number of carboxylic acid groups (broad SMARTS) is 1. The van der Waals surface area contributed by atoms with Gasteiger partial charge >= 0.3 is 5.97 Å². The molecule has 0 aromatic heterocycles. The summed E-state index contributed by atoms with van der Waals surface area (Å²) in [5.41, 5.74) is 3.21. The highest BCUT2D eigenvalue weighted by Crippen LogP contribution is 2.40. The topological polar surface area (TPSA) is 77.9 Å².